The fourth-order valence-electron chi connectivity index (χ4n) is 1.62. The molecular weight excluding hydrogens is 224 g/mol. The molecule has 1 aromatic carbocycles. The van der Waals surface area contributed by atoms with E-state index in [9.17, 15) is 8.42 Å². The van der Waals surface area contributed by atoms with Crippen LogP contribution in [0.1, 0.15) is 26.2 Å². The van der Waals surface area contributed by atoms with Gasteiger partial charge in [-0.2, -0.15) is 8.42 Å². The van der Waals surface area contributed by atoms with E-state index in [-0.39, 0.29) is 4.90 Å². The maximum Gasteiger partial charge on any atom is 0.286 e. The highest BCUT2D eigenvalue weighted by Crippen LogP contribution is 2.27. The summed E-state index contributed by atoms with van der Waals surface area (Å²) in [6.45, 7) is 2.06. The van der Waals surface area contributed by atoms with E-state index < -0.39 is 10.0 Å². The molecule has 1 aromatic rings. The zero-order valence-electron chi connectivity index (χ0n) is 9.10. The van der Waals surface area contributed by atoms with Crippen LogP contribution in [0.25, 0.3) is 0 Å². The molecule has 0 fully saturated rings. The number of anilines is 1. The van der Waals surface area contributed by atoms with E-state index in [1.54, 1.807) is 18.2 Å². The van der Waals surface area contributed by atoms with Gasteiger partial charge < -0.3 is 5.32 Å². The monoisotopic (exact) mass is 238 g/mol. The number of sulfonamides is 1. The predicted octanol–water partition coefficient (Wildman–Crippen LogP) is 2.39. The Labute approximate surface area is 95.5 Å². The average molecular weight is 238 g/mol. The van der Waals surface area contributed by atoms with Crippen molar-refractivity contribution in [1.29, 1.82) is 0 Å². The molecule has 1 N–H and O–H groups in total. The van der Waals surface area contributed by atoms with Crippen molar-refractivity contribution in [2.45, 2.75) is 31.1 Å². The van der Waals surface area contributed by atoms with Crippen molar-refractivity contribution in [1.82, 2.24) is 0 Å². The molecular formula is C11H14N2O2S. The first-order valence-corrected chi connectivity index (χ1v) is 6.77. The molecule has 0 unspecified atom stereocenters. The third-order valence-corrected chi connectivity index (χ3v) is 3.81. The number of benzene rings is 1. The second-order valence-electron chi connectivity index (χ2n) is 3.74. The van der Waals surface area contributed by atoms with Gasteiger partial charge in [0.05, 0.1) is 5.69 Å². The number of fused-ring (bicyclic) bond motifs is 1. The van der Waals surface area contributed by atoms with Crippen molar-refractivity contribution in [3.8, 4) is 0 Å². The van der Waals surface area contributed by atoms with Crippen LogP contribution in [0, 0.1) is 0 Å². The van der Waals surface area contributed by atoms with Gasteiger partial charge in [-0.3, -0.25) is 0 Å². The fraction of sp³-hybridized carbons (Fsp3) is 0.364. The summed E-state index contributed by atoms with van der Waals surface area (Å²) in [5, 5.41) is 3.06. The highest BCUT2D eigenvalue weighted by molar-refractivity contribution is 7.90. The molecule has 0 saturated heterocycles. The molecule has 1 aliphatic rings. The Morgan fingerprint density at radius 1 is 1.31 bits per heavy atom. The largest absolute Gasteiger partial charge is 0.342 e. The molecule has 16 heavy (non-hydrogen) atoms. The Bertz CT molecular complexity index is 521. The predicted molar refractivity (Wildman–Crippen MR) is 64.2 cm³/mol. The summed E-state index contributed by atoms with van der Waals surface area (Å²) in [6, 6.07) is 6.83. The quantitative estimate of drug-likeness (QED) is 0.879. The highest BCUT2D eigenvalue weighted by Gasteiger charge is 2.23. The zero-order valence-corrected chi connectivity index (χ0v) is 9.92. The van der Waals surface area contributed by atoms with Crippen molar-refractivity contribution in [2.24, 2.45) is 4.40 Å². The molecule has 0 bridgehead atoms. The van der Waals surface area contributed by atoms with E-state index in [0.29, 0.717) is 17.9 Å². The van der Waals surface area contributed by atoms with Gasteiger partial charge in [0, 0.05) is 6.42 Å². The van der Waals surface area contributed by atoms with Gasteiger partial charge in [0.25, 0.3) is 10.0 Å². The smallest absolute Gasteiger partial charge is 0.286 e. The van der Waals surface area contributed by atoms with E-state index in [4.69, 9.17) is 0 Å². The zero-order chi connectivity index (χ0) is 11.6. The summed E-state index contributed by atoms with van der Waals surface area (Å²) < 4.78 is 27.4. The lowest BCUT2D eigenvalue weighted by Crippen LogP contribution is -2.21. The molecule has 0 atom stereocenters. The third kappa shape index (κ3) is 2.09. The maximum absolute atomic E-state index is 11.8. The normalized spacial score (nSPS) is 17.2. The van der Waals surface area contributed by atoms with E-state index in [1.807, 2.05) is 6.07 Å². The molecule has 0 saturated carbocycles. The number of nitrogens with one attached hydrogen (secondary N) is 1. The Balaban J connectivity index is 2.36. The van der Waals surface area contributed by atoms with E-state index in [0.717, 1.165) is 12.8 Å². The lowest BCUT2D eigenvalue weighted by Gasteiger charge is -2.17. The molecule has 2 rings (SSSR count). The van der Waals surface area contributed by atoms with Crippen molar-refractivity contribution in [2.75, 3.05) is 5.32 Å². The molecule has 4 nitrogen and oxygen atoms in total. The number of para-hydroxylation sites is 1. The van der Waals surface area contributed by atoms with Gasteiger partial charge >= 0.3 is 0 Å². The molecule has 1 aliphatic heterocycles. The van der Waals surface area contributed by atoms with Crippen LogP contribution in [0.5, 0.6) is 0 Å². The minimum Gasteiger partial charge on any atom is -0.342 e. The first kappa shape index (κ1) is 11.1. The van der Waals surface area contributed by atoms with Crippen LogP contribution >= 0.6 is 0 Å². The molecule has 86 valence electrons. The van der Waals surface area contributed by atoms with Gasteiger partial charge in [-0.1, -0.05) is 25.5 Å². The Hall–Kier alpha value is -1.36. The molecule has 1 heterocycles. The highest BCUT2D eigenvalue weighted by atomic mass is 32.2. The molecule has 0 aromatic heterocycles. The maximum atomic E-state index is 11.8. The van der Waals surface area contributed by atoms with Gasteiger partial charge in [0.15, 0.2) is 0 Å². The average Bonchev–Trinajstić information content (AvgIpc) is 2.25. The standard InChI is InChI=1S/C11H14N2O2S/c1-2-3-8-11-12-9-6-4-5-7-10(9)16(14,15)13-11/h4-7H,2-3,8H2,1H3,(H,12,13). The Morgan fingerprint density at radius 2 is 2.06 bits per heavy atom. The van der Waals surface area contributed by atoms with Crippen LogP contribution in [0.4, 0.5) is 5.69 Å². The van der Waals surface area contributed by atoms with Crippen molar-refractivity contribution >= 4 is 21.5 Å². The Kier molecular flexibility index (Phi) is 2.96. The number of hydrogen-bond donors (Lipinski definition) is 1. The summed E-state index contributed by atoms with van der Waals surface area (Å²) in [7, 11) is -3.50. The lowest BCUT2D eigenvalue weighted by atomic mass is 10.2. The molecule has 0 aliphatic carbocycles. The fourth-order valence-corrected chi connectivity index (χ4v) is 2.79. The minimum absolute atomic E-state index is 0.259. The van der Waals surface area contributed by atoms with Crippen LogP contribution in [-0.2, 0) is 10.0 Å². The second kappa shape index (κ2) is 4.25. The summed E-state index contributed by atoms with van der Waals surface area (Å²) in [6.07, 6.45) is 2.62. The number of rotatable bonds is 3. The third-order valence-electron chi connectivity index (χ3n) is 2.44. The van der Waals surface area contributed by atoms with Gasteiger partial charge in [0.1, 0.15) is 10.7 Å². The van der Waals surface area contributed by atoms with Crippen LogP contribution in [0.2, 0.25) is 0 Å². The van der Waals surface area contributed by atoms with Gasteiger partial charge in [-0.25, -0.2) is 0 Å². The van der Waals surface area contributed by atoms with E-state index >= 15 is 0 Å². The minimum atomic E-state index is -3.50. The summed E-state index contributed by atoms with van der Waals surface area (Å²) in [5.74, 6) is 0.542. The number of unbranched alkanes of at least 4 members (excludes halogenated alkanes) is 1. The molecule has 0 spiro atoms. The molecule has 0 radical (unpaired) electrons. The van der Waals surface area contributed by atoms with Crippen molar-refractivity contribution in [3.05, 3.63) is 24.3 Å². The summed E-state index contributed by atoms with van der Waals surface area (Å²) in [4.78, 5) is 0.259. The van der Waals surface area contributed by atoms with Gasteiger partial charge in [0.2, 0.25) is 0 Å². The van der Waals surface area contributed by atoms with E-state index in [2.05, 4.69) is 16.6 Å². The summed E-state index contributed by atoms with van der Waals surface area (Å²) >= 11 is 0. The van der Waals surface area contributed by atoms with Crippen LogP contribution in [-0.4, -0.2) is 14.3 Å². The van der Waals surface area contributed by atoms with Crippen LogP contribution < -0.4 is 5.32 Å². The van der Waals surface area contributed by atoms with Gasteiger partial charge in [-0.05, 0) is 18.6 Å². The SMILES string of the molecule is CCCCC1=NS(=O)(=O)c2ccccc2N1. The van der Waals surface area contributed by atoms with Crippen LogP contribution in [0.15, 0.2) is 33.6 Å². The second-order valence-corrected chi connectivity index (χ2v) is 5.31. The van der Waals surface area contributed by atoms with Gasteiger partial charge in [-0.15, -0.1) is 4.40 Å². The molecule has 5 heteroatoms. The van der Waals surface area contributed by atoms with Crippen molar-refractivity contribution in [3.63, 3.8) is 0 Å². The first-order valence-electron chi connectivity index (χ1n) is 5.33. The first-order chi connectivity index (χ1) is 7.63. The topological polar surface area (TPSA) is 58.5 Å². The van der Waals surface area contributed by atoms with E-state index in [1.165, 1.54) is 0 Å². The Morgan fingerprint density at radius 3 is 2.81 bits per heavy atom. The number of amidine groups is 1. The molecule has 0 amide bonds. The number of hydrogen-bond acceptors (Lipinski definition) is 3. The number of nitrogens with zero attached hydrogens (tertiary/aromatic N) is 1. The summed E-state index contributed by atoms with van der Waals surface area (Å²) in [5.41, 5.74) is 0.628. The van der Waals surface area contributed by atoms with Crippen LogP contribution in [0.3, 0.4) is 0 Å². The lowest BCUT2D eigenvalue weighted by molar-refractivity contribution is 0.597. The van der Waals surface area contributed by atoms with Crippen molar-refractivity contribution < 1.29 is 8.42 Å².